The van der Waals surface area contributed by atoms with Gasteiger partial charge < -0.3 is 0 Å². The summed E-state index contributed by atoms with van der Waals surface area (Å²) in [6.45, 7) is 13.8. The molecule has 0 saturated carbocycles. The van der Waals surface area contributed by atoms with E-state index in [0.29, 0.717) is 0 Å². The highest BCUT2D eigenvalue weighted by Crippen LogP contribution is 2.22. The van der Waals surface area contributed by atoms with Crippen molar-refractivity contribution < 1.29 is 0 Å². The van der Waals surface area contributed by atoms with Crippen LogP contribution in [0.15, 0.2) is 17.1 Å². The van der Waals surface area contributed by atoms with E-state index in [0.717, 1.165) is 5.69 Å². The highest BCUT2D eigenvalue weighted by Gasteiger charge is 1.98. The van der Waals surface area contributed by atoms with Crippen LogP contribution in [-0.2, 0) is 0 Å². The molecular weight excluding hydrogens is 158 g/mol. The molecule has 0 aliphatic heterocycles. The number of rotatable bonds is 1. The standard InChI is InChI=1S/C10H13N.C2H6/c1-7-5-8(2)9(3)10(6-7)11-4;1-2/h5-6H,4H2,1-3H3;1-2H3. The van der Waals surface area contributed by atoms with Crippen molar-refractivity contribution >= 4 is 12.4 Å². The molecule has 72 valence electrons. The summed E-state index contributed by atoms with van der Waals surface area (Å²) >= 11 is 0. The highest BCUT2D eigenvalue weighted by atomic mass is 14.7. The molecule has 0 amide bonds. The van der Waals surface area contributed by atoms with E-state index in [-0.39, 0.29) is 0 Å². The number of nitrogens with zero attached hydrogens (tertiary/aromatic N) is 1. The van der Waals surface area contributed by atoms with Crippen LogP contribution < -0.4 is 0 Å². The molecule has 0 spiro atoms. The number of hydrogen-bond acceptors (Lipinski definition) is 1. The van der Waals surface area contributed by atoms with Crippen LogP contribution in [0.2, 0.25) is 0 Å². The Bertz CT molecular complexity index is 287. The lowest BCUT2D eigenvalue weighted by Gasteiger charge is -2.04. The van der Waals surface area contributed by atoms with Gasteiger partial charge in [0.25, 0.3) is 0 Å². The van der Waals surface area contributed by atoms with Crippen LogP contribution >= 0.6 is 0 Å². The van der Waals surface area contributed by atoms with Crippen molar-refractivity contribution in [2.45, 2.75) is 34.6 Å². The molecule has 0 unspecified atom stereocenters. The molecule has 1 heteroatoms. The average molecular weight is 177 g/mol. The van der Waals surface area contributed by atoms with E-state index < -0.39 is 0 Å². The van der Waals surface area contributed by atoms with Crippen LogP contribution in [0.4, 0.5) is 5.69 Å². The van der Waals surface area contributed by atoms with Gasteiger partial charge in [0.05, 0.1) is 5.69 Å². The van der Waals surface area contributed by atoms with Crippen LogP contribution in [0.5, 0.6) is 0 Å². The lowest BCUT2D eigenvalue weighted by Crippen LogP contribution is -1.83. The maximum atomic E-state index is 3.94. The predicted octanol–water partition coefficient (Wildman–Crippen LogP) is 3.97. The minimum Gasteiger partial charge on any atom is -0.264 e. The monoisotopic (exact) mass is 177 g/mol. The van der Waals surface area contributed by atoms with Crippen molar-refractivity contribution in [1.82, 2.24) is 0 Å². The van der Waals surface area contributed by atoms with E-state index >= 15 is 0 Å². The SMILES string of the molecule is C=Nc1cc(C)cc(C)c1C.CC. The van der Waals surface area contributed by atoms with Gasteiger partial charge in [-0.15, -0.1) is 0 Å². The quantitative estimate of drug-likeness (QED) is 0.575. The van der Waals surface area contributed by atoms with Gasteiger partial charge in [0.1, 0.15) is 0 Å². The number of aliphatic imine (C=N–C) groups is 1. The van der Waals surface area contributed by atoms with Gasteiger partial charge in [-0.1, -0.05) is 19.9 Å². The van der Waals surface area contributed by atoms with E-state index in [9.17, 15) is 0 Å². The molecule has 1 aromatic rings. The number of hydrogen-bond donors (Lipinski definition) is 0. The van der Waals surface area contributed by atoms with Crippen molar-refractivity contribution in [2.75, 3.05) is 0 Å². The van der Waals surface area contributed by atoms with Gasteiger partial charge in [-0.2, -0.15) is 0 Å². The summed E-state index contributed by atoms with van der Waals surface area (Å²) in [5, 5.41) is 0. The zero-order valence-corrected chi connectivity index (χ0v) is 9.31. The molecule has 1 nitrogen and oxygen atoms in total. The molecule has 0 bridgehead atoms. The molecule has 0 saturated heterocycles. The normalized spacial score (nSPS) is 8.69. The van der Waals surface area contributed by atoms with Crippen molar-refractivity contribution in [3.8, 4) is 0 Å². The van der Waals surface area contributed by atoms with Crippen LogP contribution in [0, 0.1) is 20.8 Å². The molecule has 1 aromatic carbocycles. The van der Waals surface area contributed by atoms with Gasteiger partial charge in [0.2, 0.25) is 0 Å². The highest BCUT2D eigenvalue weighted by molar-refractivity contribution is 5.55. The van der Waals surface area contributed by atoms with E-state index in [1.807, 2.05) is 13.8 Å². The first-order valence-corrected chi connectivity index (χ1v) is 4.69. The van der Waals surface area contributed by atoms with Crippen molar-refractivity contribution in [3.05, 3.63) is 28.8 Å². The van der Waals surface area contributed by atoms with Gasteiger partial charge in [0.15, 0.2) is 0 Å². The summed E-state index contributed by atoms with van der Waals surface area (Å²) in [6, 6.07) is 4.21. The second-order valence-corrected chi connectivity index (χ2v) is 2.88. The third-order valence-electron chi connectivity index (χ3n) is 1.95. The maximum Gasteiger partial charge on any atom is 0.0656 e. The average Bonchev–Trinajstić information content (AvgIpc) is 2.14. The Morgan fingerprint density at radius 2 is 1.62 bits per heavy atom. The predicted molar refractivity (Wildman–Crippen MR) is 61.2 cm³/mol. The summed E-state index contributed by atoms with van der Waals surface area (Å²) in [7, 11) is 0. The Kier molecular flexibility index (Phi) is 5.05. The van der Waals surface area contributed by atoms with Gasteiger partial charge >= 0.3 is 0 Å². The minimum absolute atomic E-state index is 1.00. The fraction of sp³-hybridized carbons (Fsp3) is 0.417. The molecular formula is C12H19N. The lowest BCUT2D eigenvalue weighted by molar-refractivity contribution is 1.28. The number of aryl methyl sites for hydroxylation is 2. The van der Waals surface area contributed by atoms with E-state index in [4.69, 9.17) is 0 Å². The first-order valence-electron chi connectivity index (χ1n) is 4.69. The zero-order valence-electron chi connectivity index (χ0n) is 9.31. The lowest BCUT2D eigenvalue weighted by atomic mass is 10.1. The van der Waals surface area contributed by atoms with Crippen LogP contribution in [0.25, 0.3) is 0 Å². The Morgan fingerprint density at radius 3 is 2.08 bits per heavy atom. The smallest absolute Gasteiger partial charge is 0.0656 e. The molecule has 0 aliphatic rings. The first-order chi connectivity index (χ1) is 6.15. The van der Waals surface area contributed by atoms with Crippen LogP contribution in [0.1, 0.15) is 30.5 Å². The molecule has 13 heavy (non-hydrogen) atoms. The fourth-order valence-corrected chi connectivity index (χ4v) is 1.18. The van der Waals surface area contributed by atoms with Crippen molar-refractivity contribution in [2.24, 2.45) is 4.99 Å². The largest absolute Gasteiger partial charge is 0.264 e. The maximum absolute atomic E-state index is 3.94. The van der Waals surface area contributed by atoms with Crippen molar-refractivity contribution in [1.29, 1.82) is 0 Å². The third kappa shape index (κ3) is 3.02. The molecule has 0 N–H and O–H groups in total. The fourth-order valence-electron chi connectivity index (χ4n) is 1.18. The Hall–Kier alpha value is -1.11. The summed E-state index contributed by atoms with van der Waals surface area (Å²) in [5.74, 6) is 0. The van der Waals surface area contributed by atoms with Gasteiger partial charge in [-0.3, -0.25) is 4.99 Å². The van der Waals surface area contributed by atoms with Crippen molar-refractivity contribution in [3.63, 3.8) is 0 Å². The summed E-state index contributed by atoms with van der Waals surface area (Å²) in [4.78, 5) is 3.94. The molecule has 1 rings (SSSR count). The Morgan fingerprint density at radius 1 is 1.08 bits per heavy atom. The summed E-state index contributed by atoms with van der Waals surface area (Å²) in [6.07, 6.45) is 0. The Balaban J connectivity index is 0.000000671. The van der Waals surface area contributed by atoms with E-state index in [1.54, 1.807) is 0 Å². The molecule has 0 radical (unpaired) electrons. The molecule has 0 aliphatic carbocycles. The zero-order chi connectivity index (χ0) is 10.4. The van der Waals surface area contributed by atoms with E-state index in [1.165, 1.54) is 16.7 Å². The Labute approximate surface area is 81.5 Å². The third-order valence-corrected chi connectivity index (χ3v) is 1.95. The second-order valence-electron chi connectivity index (χ2n) is 2.88. The molecule has 0 heterocycles. The van der Waals surface area contributed by atoms with E-state index in [2.05, 4.69) is 44.6 Å². The first kappa shape index (κ1) is 11.9. The van der Waals surface area contributed by atoms with Gasteiger partial charge in [0, 0.05) is 0 Å². The second kappa shape index (κ2) is 5.52. The minimum atomic E-state index is 1.00. The van der Waals surface area contributed by atoms with Gasteiger partial charge in [-0.25, -0.2) is 0 Å². The van der Waals surface area contributed by atoms with Crippen LogP contribution in [-0.4, -0.2) is 6.72 Å². The van der Waals surface area contributed by atoms with Crippen LogP contribution in [0.3, 0.4) is 0 Å². The molecule has 0 atom stereocenters. The van der Waals surface area contributed by atoms with Gasteiger partial charge in [-0.05, 0) is 50.2 Å². The molecule has 0 aromatic heterocycles. The molecule has 0 fully saturated rings. The number of benzene rings is 1. The topological polar surface area (TPSA) is 12.4 Å². The summed E-state index contributed by atoms with van der Waals surface area (Å²) in [5.41, 5.74) is 4.76. The summed E-state index contributed by atoms with van der Waals surface area (Å²) < 4.78 is 0.